The molecule has 0 bridgehead atoms. The van der Waals surface area contributed by atoms with Crippen molar-refractivity contribution in [1.29, 1.82) is 5.26 Å². The molecule has 0 atom stereocenters. The fourth-order valence-electron chi connectivity index (χ4n) is 1.67. The van der Waals surface area contributed by atoms with E-state index in [9.17, 15) is 4.39 Å². The Bertz CT molecular complexity index is 818. The molecule has 0 aliphatic rings. The molecule has 0 aliphatic carbocycles. The van der Waals surface area contributed by atoms with Crippen LogP contribution in [-0.4, -0.2) is 15.1 Å². The second-order valence-electron chi connectivity index (χ2n) is 3.97. The van der Waals surface area contributed by atoms with Gasteiger partial charge in [0.15, 0.2) is 0 Å². The SMILES string of the molecule is N#Cc1c[nH]c(-c2nc(-c3ccc(F)c(Br)c3)no2)c1. The normalized spacial score (nSPS) is 10.4. The molecule has 0 amide bonds. The van der Waals surface area contributed by atoms with Gasteiger partial charge in [-0.1, -0.05) is 5.16 Å². The summed E-state index contributed by atoms with van der Waals surface area (Å²) in [4.78, 5) is 7.08. The number of rotatable bonds is 2. The number of aromatic amines is 1. The smallest absolute Gasteiger partial charge is 0.274 e. The van der Waals surface area contributed by atoms with Gasteiger partial charge >= 0.3 is 0 Å². The molecule has 7 heteroatoms. The van der Waals surface area contributed by atoms with E-state index >= 15 is 0 Å². The van der Waals surface area contributed by atoms with Crippen LogP contribution in [0.15, 0.2) is 39.5 Å². The monoisotopic (exact) mass is 332 g/mol. The molecule has 1 N–H and O–H groups in total. The molecule has 0 unspecified atom stereocenters. The van der Waals surface area contributed by atoms with E-state index in [1.165, 1.54) is 6.07 Å². The number of nitrogens with one attached hydrogen (secondary N) is 1. The summed E-state index contributed by atoms with van der Waals surface area (Å²) in [6, 6.07) is 8.06. The summed E-state index contributed by atoms with van der Waals surface area (Å²) in [5, 5.41) is 12.6. The lowest BCUT2D eigenvalue weighted by Crippen LogP contribution is -1.84. The molecular weight excluding hydrogens is 327 g/mol. The number of nitriles is 1. The van der Waals surface area contributed by atoms with Crippen LogP contribution in [0.4, 0.5) is 4.39 Å². The predicted molar refractivity (Wildman–Crippen MR) is 71.9 cm³/mol. The summed E-state index contributed by atoms with van der Waals surface area (Å²) in [7, 11) is 0. The second-order valence-corrected chi connectivity index (χ2v) is 4.82. The summed E-state index contributed by atoms with van der Waals surface area (Å²) >= 11 is 3.10. The van der Waals surface area contributed by atoms with Crippen molar-refractivity contribution < 1.29 is 8.91 Å². The highest BCUT2D eigenvalue weighted by Gasteiger charge is 2.13. The van der Waals surface area contributed by atoms with Crippen LogP contribution >= 0.6 is 15.9 Å². The van der Waals surface area contributed by atoms with Crippen LogP contribution in [-0.2, 0) is 0 Å². The number of halogens is 2. The quantitative estimate of drug-likeness (QED) is 0.778. The lowest BCUT2D eigenvalue weighted by atomic mass is 10.2. The van der Waals surface area contributed by atoms with E-state index < -0.39 is 0 Å². The molecule has 2 heterocycles. The number of aromatic nitrogens is 3. The average molecular weight is 333 g/mol. The maximum atomic E-state index is 13.2. The highest BCUT2D eigenvalue weighted by atomic mass is 79.9. The van der Waals surface area contributed by atoms with Gasteiger partial charge in [-0.3, -0.25) is 0 Å². The van der Waals surface area contributed by atoms with E-state index in [2.05, 4.69) is 31.1 Å². The molecule has 0 saturated heterocycles. The minimum Gasteiger partial charge on any atom is -0.356 e. The Hall–Kier alpha value is -2.46. The van der Waals surface area contributed by atoms with Crippen LogP contribution in [0.5, 0.6) is 0 Å². The van der Waals surface area contributed by atoms with Gasteiger partial charge in [0.05, 0.1) is 10.0 Å². The summed E-state index contributed by atoms with van der Waals surface area (Å²) in [5.74, 6) is 0.247. The van der Waals surface area contributed by atoms with Gasteiger partial charge in [0.1, 0.15) is 17.6 Å². The Morgan fingerprint density at radius 3 is 2.90 bits per heavy atom. The molecular formula is C13H6BrFN4O. The van der Waals surface area contributed by atoms with Crippen molar-refractivity contribution in [1.82, 2.24) is 15.1 Å². The van der Waals surface area contributed by atoms with E-state index in [0.29, 0.717) is 27.1 Å². The molecule has 0 fully saturated rings. The lowest BCUT2D eigenvalue weighted by molar-refractivity contribution is 0.431. The lowest BCUT2D eigenvalue weighted by Gasteiger charge is -1.96. The van der Waals surface area contributed by atoms with Gasteiger partial charge in [-0.05, 0) is 40.2 Å². The van der Waals surface area contributed by atoms with E-state index in [0.717, 1.165) is 0 Å². The zero-order valence-electron chi connectivity index (χ0n) is 9.89. The zero-order chi connectivity index (χ0) is 14.1. The molecule has 5 nitrogen and oxygen atoms in total. The third-order valence-corrected chi connectivity index (χ3v) is 3.25. The third-order valence-electron chi connectivity index (χ3n) is 2.65. The van der Waals surface area contributed by atoms with Gasteiger partial charge in [-0.15, -0.1) is 0 Å². The molecule has 20 heavy (non-hydrogen) atoms. The van der Waals surface area contributed by atoms with Gasteiger partial charge in [0, 0.05) is 11.8 Å². The van der Waals surface area contributed by atoms with E-state index in [-0.39, 0.29) is 11.7 Å². The first-order chi connectivity index (χ1) is 9.67. The van der Waals surface area contributed by atoms with Gasteiger partial charge in [0.25, 0.3) is 5.89 Å². The predicted octanol–water partition coefficient (Wildman–Crippen LogP) is 3.50. The second kappa shape index (κ2) is 4.90. The highest BCUT2D eigenvalue weighted by molar-refractivity contribution is 9.10. The van der Waals surface area contributed by atoms with Crippen LogP contribution in [0, 0.1) is 17.1 Å². The Labute approximate surface area is 121 Å². The fraction of sp³-hybridized carbons (Fsp3) is 0. The number of H-pyrrole nitrogens is 1. The van der Waals surface area contributed by atoms with Gasteiger partial charge in [-0.2, -0.15) is 10.2 Å². The Morgan fingerprint density at radius 2 is 2.20 bits per heavy atom. The summed E-state index contributed by atoms with van der Waals surface area (Å²) in [6.07, 6.45) is 1.55. The highest BCUT2D eigenvalue weighted by Crippen LogP contribution is 2.25. The molecule has 1 aromatic carbocycles. The number of hydrogen-bond donors (Lipinski definition) is 1. The molecule has 3 aromatic rings. The van der Waals surface area contributed by atoms with Crippen molar-refractivity contribution in [2.24, 2.45) is 0 Å². The zero-order valence-corrected chi connectivity index (χ0v) is 11.5. The van der Waals surface area contributed by atoms with E-state index in [1.54, 1.807) is 24.4 Å². The van der Waals surface area contributed by atoms with Crippen LogP contribution in [0.2, 0.25) is 0 Å². The van der Waals surface area contributed by atoms with E-state index in [1.807, 2.05) is 6.07 Å². The topological polar surface area (TPSA) is 78.5 Å². The number of benzene rings is 1. The van der Waals surface area contributed by atoms with Crippen LogP contribution in [0.25, 0.3) is 23.0 Å². The summed E-state index contributed by atoms with van der Waals surface area (Å²) in [6.45, 7) is 0. The average Bonchev–Trinajstić information content (AvgIpc) is 3.09. The first-order valence-electron chi connectivity index (χ1n) is 5.55. The standard InChI is InChI=1S/C13H6BrFN4O/c14-9-4-8(1-2-10(9)15)12-18-13(20-19-12)11-3-7(5-16)6-17-11/h1-4,6,17H. The van der Waals surface area contributed by atoms with Crippen molar-refractivity contribution in [2.75, 3.05) is 0 Å². The minimum atomic E-state index is -0.361. The molecule has 0 spiro atoms. The van der Waals surface area contributed by atoms with Crippen molar-refractivity contribution in [3.63, 3.8) is 0 Å². The molecule has 98 valence electrons. The fourth-order valence-corrected chi connectivity index (χ4v) is 2.05. The largest absolute Gasteiger partial charge is 0.356 e. The van der Waals surface area contributed by atoms with Crippen molar-refractivity contribution >= 4 is 15.9 Å². The first kappa shape index (κ1) is 12.6. The van der Waals surface area contributed by atoms with Crippen molar-refractivity contribution in [3.8, 4) is 29.0 Å². The van der Waals surface area contributed by atoms with Crippen LogP contribution in [0.1, 0.15) is 5.56 Å². The molecule has 3 rings (SSSR count). The molecule has 2 aromatic heterocycles. The maximum absolute atomic E-state index is 13.2. The summed E-state index contributed by atoms with van der Waals surface area (Å²) in [5.41, 5.74) is 1.66. The number of nitrogens with zero attached hydrogens (tertiary/aromatic N) is 3. The van der Waals surface area contributed by atoms with E-state index in [4.69, 9.17) is 9.78 Å². The van der Waals surface area contributed by atoms with Gasteiger partial charge in [-0.25, -0.2) is 4.39 Å². The first-order valence-corrected chi connectivity index (χ1v) is 6.34. The minimum absolute atomic E-state index is 0.266. The van der Waals surface area contributed by atoms with Crippen LogP contribution < -0.4 is 0 Å². The van der Waals surface area contributed by atoms with Crippen molar-refractivity contribution in [3.05, 3.63) is 46.3 Å². The van der Waals surface area contributed by atoms with Crippen LogP contribution in [0.3, 0.4) is 0 Å². The summed E-state index contributed by atoms with van der Waals surface area (Å²) < 4.78 is 18.6. The Balaban J connectivity index is 1.97. The molecule has 0 saturated carbocycles. The third kappa shape index (κ3) is 2.21. The van der Waals surface area contributed by atoms with Gasteiger partial charge in [0.2, 0.25) is 5.82 Å². The van der Waals surface area contributed by atoms with Gasteiger partial charge < -0.3 is 9.51 Å². The molecule has 0 radical (unpaired) electrons. The Kier molecular flexibility index (Phi) is 3.08. The Morgan fingerprint density at radius 1 is 1.35 bits per heavy atom. The molecule has 0 aliphatic heterocycles. The van der Waals surface area contributed by atoms with Crippen molar-refractivity contribution in [2.45, 2.75) is 0 Å². The maximum Gasteiger partial charge on any atom is 0.274 e. The number of hydrogen-bond acceptors (Lipinski definition) is 4.